The van der Waals surface area contributed by atoms with Crippen LogP contribution < -0.4 is 5.73 Å². The molecule has 1 aromatic carbocycles. The summed E-state index contributed by atoms with van der Waals surface area (Å²) < 4.78 is 0. The summed E-state index contributed by atoms with van der Waals surface area (Å²) in [5, 5.41) is 7.60. The normalized spacial score (nSPS) is 10.2. The molecule has 0 atom stereocenters. The van der Waals surface area contributed by atoms with Crippen molar-refractivity contribution in [3.8, 4) is 11.1 Å². The largest absolute Gasteiger partial charge is 0.369 e. The first-order valence-corrected chi connectivity index (χ1v) is 5.32. The molecule has 0 aliphatic rings. The zero-order valence-electron chi connectivity index (χ0n) is 9.55. The van der Waals surface area contributed by atoms with Gasteiger partial charge in [0.2, 0.25) is 5.91 Å². The standard InChI is InChI=1S/C13H13N3O/c1-9-6-10(7-13(14)17)2-3-12(9)11-4-5-15-16-8-11/h2-6,8H,7H2,1H3,(H2,14,17). The summed E-state index contributed by atoms with van der Waals surface area (Å²) in [4.78, 5) is 10.8. The molecule has 2 aromatic rings. The fraction of sp³-hybridized carbons (Fsp3) is 0.154. The van der Waals surface area contributed by atoms with Gasteiger partial charge >= 0.3 is 0 Å². The van der Waals surface area contributed by atoms with Gasteiger partial charge in [0.15, 0.2) is 0 Å². The number of nitrogens with zero attached hydrogens (tertiary/aromatic N) is 2. The predicted molar refractivity (Wildman–Crippen MR) is 65.1 cm³/mol. The number of hydrogen-bond acceptors (Lipinski definition) is 3. The smallest absolute Gasteiger partial charge is 0.221 e. The highest BCUT2D eigenvalue weighted by atomic mass is 16.1. The van der Waals surface area contributed by atoms with E-state index in [-0.39, 0.29) is 12.3 Å². The van der Waals surface area contributed by atoms with Crippen molar-refractivity contribution in [1.29, 1.82) is 0 Å². The number of amides is 1. The van der Waals surface area contributed by atoms with E-state index in [1.165, 1.54) is 0 Å². The van der Waals surface area contributed by atoms with E-state index in [2.05, 4.69) is 10.2 Å². The Balaban J connectivity index is 2.35. The Bertz CT molecular complexity index is 538. The molecule has 4 heteroatoms. The molecule has 86 valence electrons. The van der Waals surface area contributed by atoms with Gasteiger partial charge in [-0.25, -0.2) is 0 Å². The topological polar surface area (TPSA) is 68.9 Å². The van der Waals surface area contributed by atoms with Crippen LogP contribution in [0.2, 0.25) is 0 Å². The maximum atomic E-state index is 10.8. The highest BCUT2D eigenvalue weighted by Crippen LogP contribution is 2.23. The number of hydrogen-bond donors (Lipinski definition) is 1. The predicted octanol–water partition coefficient (Wildman–Crippen LogP) is 1.48. The summed E-state index contributed by atoms with van der Waals surface area (Å²) in [6, 6.07) is 7.77. The summed E-state index contributed by atoms with van der Waals surface area (Å²) in [7, 11) is 0. The molecule has 0 aliphatic carbocycles. The van der Waals surface area contributed by atoms with Crippen molar-refractivity contribution in [2.24, 2.45) is 5.73 Å². The van der Waals surface area contributed by atoms with E-state index in [0.29, 0.717) is 0 Å². The molecule has 0 saturated carbocycles. The Morgan fingerprint density at radius 2 is 2.12 bits per heavy atom. The fourth-order valence-corrected chi connectivity index (χ4v) is 1.81. The summed E-state index contributed by atoms with van der Waals surface area (Å²) in [5.74, 6) is -0.317. The van der Waals surface area contributed by atoms with Crippen LogP contribution in [0.5, 0.6) is 0 Å². The number of primary amides is 1. The van der Waals surface area contributed by atoms with Crippen molar-refractivity contribution in [2.75, 3.05) is 0 Å². The molecule has 1 aromatic heterocycles. The summed E-state index contributed by atoms with van der Waals surface area (Å²) >= 11 is 0. The van der Waals surface area contributed by atoms with Gasteiger partial charge in [-0.15, -0.1) is 0 Å². The van der Waals surface area contributed by atoms with Gasteiger partial charge in [0.1, 0.15) is 0 Å². The van der Waals surface area contributed by atoms with Crippen molar-refractivity contribution in [1.82, 2.24) is 10.2 Å². The van der Waals surface area contributed by atoms with E-state index in [4.69, 9.17) is 5.73 Å². The third-order valence-corrected chi connectivity index (χ3v) is 2.56. The van der Waals surface area contributed by atoms with Gasteiger partial charge in [-0.05, 0) is 29.7 Å². The Kier molecular flexibility index (Phi) is 3.14. The van der Waals surface area contributed by atoms with E-state index in [1.807, 2.05) is 31.2 Å². The highest BCUT2D eigenvalue weighted by Gasteiger charge is 2.04. The van der Waals surface area contributed by atoms with Crippen LogP contribution in [0.3, 0.4) is 0 Å². The summed E-state index contributed by atoms with van der Waals surface area (Å²) in [6.45, 7) is 2.00. The third kappa shape index (κ3) is 2.66. The van der Waals surface area contributed by atoms with Gasteiger partial charge in [0, 0.05) is 5.56 Å². The fourth-order valence-electron chi connectivity index (χ4n) is 1.81. The second-order valence-electron chi connectivity index (χ2n) is 3.92. The zero-order valence-corrected chi connectivity index (χ0v) is 9.55. The van der Waals surface area contributed by atoms with Crippen molar-refractivity contribution in [3.05, 3.63) is 47.8 Å². The molecule has 17 heavy (non-hydrogen) atoms. The average Bonchev–Trinajstić information content (AvgIpc) is 2.29. The molecule has 0 saturated heterocycles. The molecule has 1 amide bonds. The van der Waals surface area contributed by atoms with E-state index >= 15 is 0 Å². The quantitative estimate of drug-likeness (QED) is 0.863. The van der Waals surface area contributed by atoms with E-state index in [0.717, 1.165) is 22.3 Å². The lowest BCUT2D eigenvalue weighted by atomic mass is 9.99. The van der Waals surface area contributed by atoms with Crippen LogP contribution in [0.4, 0.5) is 0 Å². The Labute approximate surface area is 99.5 Å². The molecule has 0 aliphatic heterocycles. The van der Waals surface area contributed by atoms with Crippen LogP contribution in [-0.2, 0) is 11.2 Å². The van der Waals surface area contributed by atoms with Crippen molar-refractivity contribution in [3.63, 3.8) is 0 Å². The lowest BCUT2D eigenvalue weighted by Crippen LogP contribution is -2.13. The number of carbonyl (C=O) groups is 1. The monoisotopic (exact) mass is 227 g/mol. The van der Waals surface area contributed by atoms with Gasteiger partial charge < -0.3 is 5.73 Å². The molecule has 0 spiro atoms. The van der Waals surface area contributed by atoms with Crippen molar-refractivity contribution in [2.45, 2.75) is 13.3 Å². The SMILES string of the molecule is Cc1cc(CC(N)=O)ccc1-c1ccnnc1. The van der Waals surface area contributed by atoms with Crippen molar-refractivity contribution >= 4 is 5.91 Å². The Morgan fingerprint density at radius 1 is 1.29 bits per heavy atom. The van der Waals surface area contributed by atoms with Crippen LogP contribution in [0.1, 0.15) is 11.1 Å². The van der Waals surface area contributed by atoms with E-state index < -0.39 is 0 Å². The third-order valence-electron chi connectivity index (χ3n) is 2.56. The van der Waals surface area contributed by atoms with Gasteiger partial charge in [-0.1, -0.05) is 18.2 Å². The van der Waals surface area contributed by atoms with Gasteiger partial charge in [-0.2, -0.15) is 10.2 Å². The molecule has 0 bridgehead atoms. The van der Waals surface area contributed by atoms with Gasteiger partial charge in [-0.3, -0.25) is 4.79 Å². The maximum Gasteiger partial charge on any atom is 0.221 e. The minimum atomic E-state index is -0.317. The molecular formula is C13H13N3O. The average molecular weight is 227 g/mol. The minimum Gasteiger partial charge on any atom is -0.369 e. The summed E-state index contributed by atoms with van der Waals surface area (Å²) in [6.07, 6.45) is 3.65. The highest BCUT2D eigenvalue weighted by molar-refractivity contribution is 5.77. The molecule has 1 heterocycles. The lowest BCUT2D eigenvalue weighted by Gasteiger charge is -2.07. The number of nitrogens with two attached hydrogens (primary N) is 1. The summed E-state index contributed by atoms with van der Waals surface area (Å²) in [5.41, 5.74) is 9.30. The Hall–Kier alpha value is -2.23. The maximum absolute atomic E-state index is 10.8. The Morgan fingerprint density at radius 3 is 2.71 bits per heavy atom. The zero-order chi connectivity index (χ0) is 12.3. The van der Waals surface area contributed by atoms with Crippen molar-refractivity contribution < 1.29 is 4.79 Å². The molecule has 0 fully saturated rings. The van der Waals surface area contributed by atoms with Crippen LogP contribution >= 0.6 is 0 Å². The molecular weight excluding hydrogens is 214 g/mol. The first-order chi connectivity index (χ1) is 8.16. The van der Waals surface area contributed by atoms with E-state index in [9.17, 15) is 4.79 Å². The number of rotatable bonds is 3. The van der Waals surface area contributed by atoms with Crippen LogP contribution in [0, 0.1) is 6.92 Å². The molecule has 2 rings (SSSR count). The van der Waals surface area contributed by atoms with Gasteiger partial charge in [0.25, 0.3) is 0 Å². The second kappa shape index (κ2) is 4.74. The molecule has 0 unspecified atom stereocenters. The first kappa shape index (κ1) is 11.3. The van der Waals surface area contributed by atoms with Crippen LogP contribution in [0.15, 0.2) is 36.7 Å². The number of aryl methyl sites for hydroxylation is 1. The van der Waals surface area contributed by atoms with Crippen LogP contribution in [-0.4, -0.2) is 16.1 Å². The molecule has 0 radical (unpaired) electrons. The first-order valence-electron chi connectivity index (χ1n) is 5.32. The van der Waals surface area contributed by atoms with Crippen LogP contribution in [0.25, 0.3) is 11.1 Å². The number of benzene rings is 1. The van der Waals surface area contributed by atoms with E-state index in [1.54, 1.807) is 12.4 Å². The minimum absolute atomic E-state index is 0.274. The number of carbonyl (C=O) groups excluding carboxylic acids is 1. The van der Waals surface area contributed by atoms with Gasteiger partial charge in [0.05, 0.1) is 18.8 Å². The second-order valence-corrected chi connectivity index (χ2v) is 3.92. The number of aromatic nitrogens is 2. The molecule has 2 N–H and O–H groups in total. The molecule has 4 nitrogen and oxygen atoms in total. The lowest BCUT2D eigenvalue weighted by molar-refractivity contribution is -0.117.